The van der Waals surface area contributed by atoms with E-state index in [2.05, 4.69) is 10.3 Å². The zero-order valence-corrected chi connectivity index (χ0v) is 16.6. The van der Waals surface area contributed by atoms with Crippen molar-refractivity contribution in [2.24, 2.45) is 0 Å². The number of ether oxygens (including phenoxy) is 1. The molecule has 4 rings (SSSR count). The Morgan fingerprint density at radius 3 is 2.68 bits per heavy atom. The van der Waals surface area contributed by atoms with Crippen LogP contribution < -0.4 is 5.32 Å². The van der Waals surface area contributed by atoms with Crippen molar-refractivity contribution in [1.82, 2.24) is 13.9 Å². The van der Waals surface area contributed by atoms with Gasteiger partial charge in [0.05, 0.1) is 12.3 Å². The monoisotopic (exact) mass is 404 g/mol. The minimum Gasteiger partial charge on any atom is -0.352 e. The van der Waals surface area contributed by atoms with E-state index >= 15 is 0 Å². The van der Waals surface area contributed by atoms with E-state index in [1.165, 1.54) is 4.31 Å². The van der Waals surface area contributed by atoms with Crippen molar-refractivity contribution in [2.45, 2.75) is 38.0 Å². The maximum absolute atomic E-state index is 12.8. The number of piperidine rings is 1. The molecule has 2 aliphatic heterocycles. The molecule has 1 unspecified atom stereocenters. The van der Waals surface area contributed by atoms with Gasteiger partial charge < -0.3 is 14.6 Å². The first kappa shape index (κ1) is 19.1. The summed E-state index contributed by atoms with van der Waals surface area (Å²) in [5, 5.41) is 2.89. The summed E-state index contributed by atoms with van der Waals surface area (Å²) in [6.45, 7) is 2.74. The molecule has 1 atom stereocenters. The Labute approximate surface area is 164 Å². The van der Waals surface area contributed by atoms with E-state index in [-0.39, 0.29) is 11.7 Å². The van der Waals surface area contributed by atoms with Gasteiger partial charge in [-0.25, -0.2) is 17.7 Å². The van der Waals surface area contributed by atoms with Crippen LogP contribution in [0.1, 0.15) is 25.6 Å². The summed E-state index contributed by atoms with van der Waals surface area (Å²) in [6, 6.07) is 9.26. The van der Waals surface area contributed by atoms with Crippen molar-refractivity contribution in [3.05, 3.63) is 48.5 Å². The van der Waals surface area contributed by atoms with Crippen molar-refractivity contribution in [3.63, 3.8) is 0 Å². The standard InChI is InChI=1S/C19H24N4O4S/c1-2-28(25,26)23-11-8-19(9-12-23)18-20-10-13-22(18)14-16(27-19)17(24)21-15-6-4-3-5-7-15/h3-7,10,13,16H,2,8-9,11-12,14H2,1H3,(H,21,24). The third-order valence-corrected chi connectivity index (χ3v) is 7.36. The van der Waals surface area contributed by atoms with E-state index < -0.39 is 21.7 Å². The Morgan fingerprint density at radius 2 is 2.00 bits per heavy atom. The number of hydrogen-bond acceptors (Lipinski definition) is 5. The quantitative estimate of drug-likeness (QED) is 0.835. The van der Waals surface area contributed by atoms with Crippen molar-refractivity contribution in [1.29, 1.82) is 0 Å². The number of imidazole rings is 1. The molecule has 1 amide bonds. The fourth-order valence-corrected chi connectivity index (χ4v) is 5.03. The van der Waals surface area contributed by atoms with Crippen LogP contribution in [-0.4, -0.2) is 53.1 Å². The van der Waals surface area contributed by atoms with Gasteiger partial charge in [-0.3, -0.25) is 4.79 Å². The predicted molar refractivity (Wildman–Crippen MR) is 104 cm³/mol. The molecule has 1 N–H and O–H groups in total. The molecule has 9 heteroatoms. The molecule has 1 saturated heterocycles. The van der Waals surface area contributed by atoms with Gasteiger partial charge in [-0.15, -0.1) is 0 Å². The lowest BCUT2D eigenvalue weighted by atomic mass is 9.89. The highest BCUT2D eigenvalue weighted by atomic mass is 32.2. The van der Waals surface area contributed by atoms with Crippen LogP contribution in [0.3, 0.4) is 0 Å². The highest BCUT2D eigenvalue weighted by Crippen LogP contribution is 2.40. The first-order valence-corrected chi connectivity index (χ1v) is 11.1. The van der Waals surface area contributed by atoms with E-state index in [1.807, 2.05) is 41.1 Å². The second kappa shape index (κ2) is 7.31. The first-order chi connectivity index (χ1) is 13.4. The summed E-state index contributed by atoms with van der Waals surface area (Å²) in [6.07, 6.45) is 3.82. The summed E-state index contributed by atoms with van der Waals surface area (Å²) < 4.78 is 34.2. The lowest BCUT2D eigenvalue weighted by Crippen LogP contribution is -2.54. The number of para-hydroxylation sites is 1. The van der Waals surface area contributed by atoms with Gasteiger partial charge in [-0.1, -0.05) is 18.2 Å². The van der Waals surface area contributed by atoms with Gasteiger partial charge in [-0.2, -0.15) is 0 Å². The molecule has 0 aliphatic carbocycles. The van der Waals surface area contributed by atoms with Crippen LogP contribution in [0.5, 0.6) is 0 Å². The fourth-order valence-electron chi connectivity index (χ4n) is 3.93. The van der Waals surface area contributed by atoms with Crippen LogP contribution >= 0.6 is 0 Å². The molecule has 1 spiro atoms. The average molecular weight is 404 g/mol. The largest absolute Gasteiger partial charge is 0.352 e. The Morgan fingerprint density at radius 1 is 1.29 bits per heavy atom. The zero-order chi connectivity index (χ0) is 19.8. The van der Waals surface area contributed by atoms with Gasteiger partial charge >= 0.3 is 0 Å². The van der Waals surface area contributed by atoms with E-state index in [1.54, 1.807) is 13.1 Å². The van der Waals surface area contributed by atoms with E-state index in [9.17, 15) is 13.2 Å². The van der Waals surface area contributed by atoms with Gasteiger partial charge in [0.2, 0.25) is 10.0 Å². The number of carbonyl (C=O) groups excluding carboxylic acids is 1. The summed E-state index contributed by atoms with van der Waals surface area (Å²) in [5.74, 6) is 0.635. The molecule has 0 saturated carbocycles. The minimum atomic E-state index is -3.24. The van der Waals surface area contributed by atoms with Crippen LogP contribution in [0.2, 0.25) is 0 Å². The number of sulfonamides is 1. The third-order valence-electron chi connectivity index (χ3n) is 5.48. The molecule has 3 heterocycles. The van der Waals surface area contributed by atoms with Gasteiger partial charge in [0.25, 0.3) is 5.91 Å². The maximum Gasteiger partial charge on any atom is 0.255 e. The van der Waals surface area contributed by atoms with Gasteiger partial charge in [0, 0.05) is 31.2 Å². The summed E-state index contributed by atoms with van der Waals surface area (Å²) in [7, 11) is -3.24. The number of anilines is 1. The van der Waals surface area contributed by atoms with Crippen molar-refractivity contribution in [2.75, 3.05) is 24.2 Å². The van der Waals surface area contributed by atoms with Crippen molar-refractivity contribution < 1.29 is 17.9 Å². The molecule has 2 aromatic rings. The molecule has 1 fully saturated rings. The zero-order valence-electron chi connectivity index (χ0n) is 15.7. The Kier molecular flexibility index (Phi) is 4.98. The molecule has 150 valence electrons. The van der Waals surface area contributed by atoms with Crippen LogP contribution in [0, 0.1) is 0 Å². The second-order valence-electron chi connectivity index (χ2n) is 7.16. The number of hydrogen-bond donors (Lipinski definition) is 1. The van der Waals surface area contributed by atoms with Gasteiger partial charge in [0.1, 0.15) is 11.4 Å². The van der Waals surface area contributed by atoms with Crippen LogP contribution in [0.4, 0.5) is 5.69 Å². The molecule has 28 heavy (non-hydrogen) atoms. The van der Waals surface area contributed by atoms with Crippen LogP contribution in [0.25, 0.3) is 0 Å². The average Bonchev–Trinajstić information content (AvgIpc) is 3.19. The van der Waals surface area contributed by atoms with Crippen LogP contribution in [-0.2, 0) is 31.7 Å². The number of aromatic nitrogens is 2. The molecule has 0 radical (unpaired) electrons. The normalized spacial score (nSPS) is 22.0. The molecule has 2 aliphatic rings. The first-order valence-electron chi connectivity index (χ1n) is 9.47. The highest BCUT2D eigenvalue weighted by Gasteiger charge is 2.48. The SMILES string of the molecule is CCS(=O)(=O)N1CCC2(CC1)OC(C(=O)Nc1ccccc1)Cn1ccnc12. The summed E-state index contributed by atoms with van der Waals surface area (Å²) >= 11 is 0. The molecule has 1 aromatic carbocycles. The topological polar surface area (TPSA) is 93.5 Å². The van der Waals surface area contributed by atoms with E-state index in [0.717, 1.165) is 5.82 Å². The Bertz CT molecular complexity index is 949. The van der Waals surface area contributed by atoms with Crippen molar-refractivity contribution in [3.8, 4) is 0 Å². The number of amides is 1. The molecule has 1 aromatic heterocycles. The highest BCUT2D eigenvalue weighted by molar-refractivity contribution is 7.89. The second-order valence-corrected chi connectivity index (χ2v) is 9.42. The molecular weight excluding hydrogens is 380 g/mol. The number of fused-ring (bicyclic) bond motifs is 2. The van der Waals surface area contributed by atoms with E-state index in [4.69, 9.17) is 4.74 Å². The third kappa shape index (κ3) is 3.45. The summed E-state index contributed by atoms with van der Waals surface area (Å²) in [5.41, 5.74) is -0.0364. The number of rotatable bonds is 4. The van der Waals surface area contributed by atoms with Gasteiger partial charge in [0.15, 0.2) is 6.10 Å². The number of carbonyl (C=O) groups is 1. The molecular formula is C19H24N4O4S. The Balaban J connectivity index is 1.55. The lowest BCUT2D eigenvalue weighted by molar-refractivity contribution is -0.166. The lowest BCUT2D eigenvalue weighted by Gasteiger charge is -2.45. The fraction of sp³-hybridized carbons (Fsp3) is 0.474. The van der Waals surface area contributed by atoms with Crippen molar-refractivity contribution >= 4 is 21.6 Å². The smallest absolute Gasteiger partial charge is 0.255 e. The minimum absolute atomic E-state index is 0.0809. The predicted octanol–water partition coefficient (Wildman–Crippen LogP) is 1.56. The number of nitrogens with zero attached hydrogens (tertiary/aromatic N) is 3. The number of nitrogens with one attached hydrogen (secondary N) is 1. The Hall–Kier alpha value is -2.23. The van der Waals surface area contributed by atoms with E-state index in [0.29, 0.717) is 38.2 Å². The number of benzene rings is 1. The van der Waals surface area contributed by atoms with Gasteiger partial charge in [-0.05, 0) is 31.9 Å². The summed E-state index contributed by atoms with van der Waals surface area (Å²) in [4.78, 5) is 17.3. The maximum atomic E-state index is 12.8. The molecule has 0 bridgehead atoms. The van der Waals surface area contributed by atoms with Crippen LogP contribution in [0.15, 0.2) is 42.7 Å². The molecule has 8 nitrogen and oxygen atoms in total.